The molecular formula is C22H30N4O4. The van der Waals surface area contributed by atoms with Gasteiger partial charge in [-0.3, -0.25) is 14.5 Å². The third kappa shape index (κ3) is 3.79. The normalized spacial score (nSPS) is 19.2. The zero-order valence-corrected chi connectivity index (χ0v) is 18.2. The Labute approximate surface area is 177 Å². The van der Waals surface area contributed by atoms with Gasteiger partial charge in [0.2, 0.25) is 5.91 Å². The van der Waals surface area contributed by atoms with E-state index in [1.165, 1.54) is 0 Å². The summed E-state index contributed by atoms with van der Waals surface area (Å²) < 4.78 is 4.99. The third-order valence-electron chi connectivity index (χ3n) is 5.74. The van der Waals surface area contributed by atoms with Crippen LogP contribution in [0.5, 0.6) is 0 Å². The molecule has 0 aromatic heterocycles. The molecule has 0 fully saturated rings. The average Bonchev–Trinajstić information content (AvgIpc) is 3.05. The van der Waals surface area contributed by atoms with E-state index in [0.717, 1.165) is 11.1 Å². The average molecular weight is 415 g/mol. The summed E-state index contributed by atoms with van der Waals surface area (Å²) in [6, 6.07) is 6.98. The Morgan fingerprint density at radius 3 is 2.70 bits per heavy atom. The maximum Gasteiger partial charge on any atom is 0.322 e. The van der Waals surface area contributed by atoms with Crippen LogP contribution in [-0.2, 0) is 14.3 Å². The molecule has 3 rings (SSSR count). The molecule has 8 nitrogen and oxygen atoms in total. The molecule has 0 saturated heterocycles. The molecule has 0 bridgehead atoms. The van der Waals surface area contributed by atoms with Crippen molar-refractivity contribution in [2.75, 3.05) is 33.4 Å². The molecule has 0 spiro atoms. The first-order valence-electron chi connectivity index (χ1n) is 10.2. The van der Waals surface area contributed by atoms with Crippen LogP contribution >= 0.6 is 0 Å². The fourth-order valence-corrected chi connectivity index (χ4v) is 3.98. The van der Waals surface area contributed by atoms with E-state index in [2.05, 4.69) is 10.6 Å². The van der Waals surface area contributed by atoms with Crippen LogP contribution in [0.1, 0.15) is 37.9 Å². The lowest BCUT2D eigenvalue weighted by atomic mass is 9.94. The van der Waals surface area contributed by atoms with Gasteiger partial charge >= 0.3 is 6.03 Å². The monoisotopic (exact) mass is 414 g/mol. The number of benzene rings is 1. The van der Waals surface area contributed by atoms with Crippen molar-refractivity contribution in [1.82, 2.24) is 20.4 Å². The summed E-state index contributed by atoms with van der Waals surface area (Å²) in [7, 11) is 1.56. The highest BCUT2D eigenvalue weighted by molar-refractivity contribution is 6.04. The SMILES string of the molecule is CCN1C(=O)N[C@H](c2cccc(C)c2)C2=C1CN(C(C)(C)C(=O)NCCOC)C2=O. The quantitative estimate of drug-likeness (QED) is 0.665. The minimum atomic E-state index is -1.08. The van der Waals surface area contributed by atoms with E-state index in [9.17, 15) is 14.4 Å². The highest BCUT2D eigenvalue weighted by atomic mass is 16.5. The highest BCUT2D eigenvalue weighted by Crippen LogP contribution is 2.38. The molecule has 0 aliphatic carbocycles. The van der Waals surface area contributed by atoms with Crippen molar-refractivity contribution in [3.05, 3.63) is 46.7 Å². The fourth-order valence-electron chi connectivity index (χ4n) is 3.98. The first-order valence-corrected chi connectivity index (χ1v) is 10.2. The minimum absolute atomic E-state index is 0.211. The number of rotatable bonds is 7. The van der Waals surface area contributed by atoms with Crippen molar-refractivity contribution in [2.24, 2.45) is 0 Å². The molecule has 0 unspecified atom stereocenters. The Kier molecular flexibility index (Phi) is 6.17. The second-order valence-corrected chi connectivity index (χ2v) is 8.10. The van der Waals surface area contributed by atoms with Crippen LogP contribution in [0.3, 0.4) is 0 Å². The van der Waals surface area contributed by atoms with Gasteiger partial charge in [-0.25, -0.2) is 4.79 Å². The number of methoxy groups -OCH3 is 1. The molecule has 8 heteroatoms. The lowest BCUT2D eigenvalue weighted by Gasteiger charge is -2.34. The second-order valence-electron chi connectivity index (χ2n) is 8.10. The predicted octanol–water partition coefficient (Wildman–Crippen LogP) is 1.72. The number of carbonyl (C=O) groups is 3. The molecule has 162 valence electrons. The summed E-state index contributed by atoms with van der Waals surface area (Å²) in [5, 5.41) is 5.78. The van der Waals surface area contributed by atoms with E-state index in [1.54, 1.807) is 30.8 Å². The number of amides is 4. The standard InChI is InChI=1S/C22H30N4O4/c1-6-25-16-13-26(22(3,4)20(28)23-10-11-30-5)19(27)17(16)18(24-21(25)29)15-9-7-8-14(2)12-15/h7-9,12,18H,6,10-11,13H2,1-5H3,(H,23,28)(H,24,29)/t18-/m1/s1. The molecule has 0 saturated carbocycles. The van der Waals surface area contributed by atoms with Crippen molar-refractivity contribution in [3.8, 4) is 0 Å². The summed E-state index contributed by atoms with van der Waals surface area (Å²) in [6.07, 6.45) is 0. The summed E-state index contributed by atoms with van der Waals surface area (Å²) >= 11 is 0. The summed E-state index contributed by atoms with van der Waals surface area (Å²) in [5.41, 5.74) is 2.00. The van der Waals surface area contributed by atoms with E-state index in [4.69, 9.17) is 4.74 Å². The van der Waals surface area contributed by atoms with E-state index < -0.39 is 11.6 Å². The number of hydrogen-bond donors (Lipinski definition) is 2. The zero-order valence-electron chi connectivity index (χ0n) is 18.2. The smallest absolute Gasteiger partial charge is 0.322 e. The summed E-state index contributed by atoms with van der Waals surface area (Å²) in [6.45, 7) is 8.68. The number of likely N-dealkylation sites (N-methyl/N-ethyl adjacent to an activating group) is 1. The minimum Gasteiger partial charge on any atom is -0.383 e. The van der Waals surface area contributed by atoms with Crippen LogP contribution in [0.25, 0.3) is 0 Å². The van der Waals surface area contributed by atoms with Gasteiger partial charge in [-0.05, 0) is 33.3 Å². The van der Waals surface area contributed by atoms with E-state index in [0.29, 0.717) is 31.0 Å². The van der Waals surface area contributed by atoms with Gasteiger partial charge in [0, 0.05) is 20.2 Å². The molecule has 2 N–H and O–H groups in total. The first kappa shape index (κ1) is 21.8. The molecule has 0 radical (unpaired) electrons. The highest BCUT2D eigenvalue weighted by Gasteiger charge is 2.49. The molecule has 2 heterocycles. The topological polar surface area (TPSA) is 91.0 Å². The number of urea groups is 1. The van der Waals surface area contributed by atoms with Crippen LogP contribution in [0, 0.1) is 6.92 Å². The van der Waals surface area contributed by atoms with Gasteiger partial charge in [0.15, 0.2) is 0 Å². The maximum atomic E-state index is 13.5. The summed E-state index contributed by atoms with van der Waals surface area (Å²) in [4.78, 5) is 42.3. The summed E-state index contributed by atoms with van der Waals surface area (Å²) in [5.74, 6) is -0.496. The second kappa shape index (κ2) is 8.47. The van der Waals surface area contributed by atoms with E-state index >= 15 is 0 Å². The van der Waals surface area contributed by atoms with Crippen molar-refractivity contribution < 1.29 is 19.1 Å². The Balaban J connectivity index is 1.96. The molecule has 1 aromatic rings. The van der Waals surface area contributed by atoms with Crippen LogP contribution in [-0.4, -0.2) is 66.5 Å². The molecule has 1 atom stereocenters. The van der Waals surface area contributed by atoms with Gasteiger partial charge in [0.25, 0.3) is 5.91 Å². The fraction of sp³-hybridized carbons (Fsp3) is 0.500. The largest absolute Gasteiger partial charge is 0.383 e. The lowest BCUT2D eigenvalue weighted by Crippen LogP contribution is -2.56. The number of aryl methyl sites for hydroxylation is 1. The lowest BCUT2D eigenvalue weighted by molar-refractivity contribution is -0.141. The van der Waals surface area contributed by atoms with Gasteiger partial charge in [-0.15, -0.1) is 0 Å². The maximum absolute atomic E-state index is 13.5. The van der Waals surface area contributed by atoms with Crippen molar-refractivity contribution in [3.63, 3.8) is 0 Å². The van der Waals surface area contributed by atoms with Gasteiger partial charge in [0.1, 0.15) is 5.54 Å². The predicted molar refractivity (Wildman–Crippen MR) is 113 cm³/mol. The van der Waals surface area contributed by atoms with E-state index in [1.807, 2.05) is 38.1 Å². The van der Waals surface area contributed by atoms with Gasteiger partial charge in [-0.2, -0.15) is 0 Å². The van der Waals surface area contributed by atoms with Gasteiger partial charge in [0.05, 0.1) is 30.5 Å². The zero-order chi connectivity index (χ0) is 22.1. The first-order chi connectivity index (χ1) is 14.2. The van der Waals surface area contributed by atoms with Crippen molar-refractivity contribution in [1.29, 1.82) is 0 Å². The number of hydrogen-bond acceptors (Lipinski definition) is 4. The Bertz CT molecular complexity index is 893. The third-order valence-corrected chi connectivity index (χ3v) is 5.74. The molecule has 4 amide bonds. The molecule has 30 heavy (non-hydrogen) atoms. The number of carbonyl (C=O) groups excluding carboxylic acids is 3. The number of nitrogens with one attached hydrogen (secondary N) is 2. The van der Waals surface area contributed by atoms with Gasteiger partial charge in [-0.1, -0.05) is 29.8 Å². The van der Waals surface area contributed by atoms with Crippen LogP contribution in [0.15, 0.2) is 35.5 Å². The molecule has 2 aliphatic rings. The van der Waals surface area contributed by atoms with Crippen LogP contribution in [0.4, 0.5) is 4.79 Å². The molecular weight excluding hydrogens is 384 g/mol. The van der Waals surface area contributed by atoms with Crippen LogP contribution < -0.4 is 10.6 Å². The Morgan fingerprint density at radius 1 is 1.33 bits per heavy atom. The van der Waals surface area contributed by atoms with E-state index in [-0.39, 0.29) is 24.4 Å². The van der Waals surface area contributed by atoms with Crippen LogP contribution in [0.2, 0.25) is 0 Å². The number of ether oxygens (including phenoxy) is 1. The van der Waals surface area contributed by atoms with Gasteiger partial charge < -0.3 is 20.3 Å². The molecule has 2 aliphatic heterocycles. The Morgan fingerprint density at radius 2 is 2.07 bits per heavy atom. The van der Waals surface area contributed by atoms with Crippen molar-refractivity contribution in [2.45, 2.75) is 39.3 Å². The number of nitrogens with zero attached hydrogens (tertiary/aromatic N) is 2. The van der Waals surface area contributed by atoms with Crippen molar-refractivity contribution >= 4 is 17.8 Å². The molecule has 1 aromatic carbocycles. The Hall–Kier alpha value is -2.87.